The van der Waals surface area contributed by atoms with Crippen molar-refractivity contribution in [2.75, 3.05) is 7.05 Å². The van der Waals surface area contributed by atoms with Crippen molar-refractivity contribution in [3.05, 3.63) is 42.1 Å². The lowest BCUT2D eigenvalue weighted by atomic mass is 10.0. The van der Waals surface area contributed by atoms with Crippen LogP contribution in [0.4, 0.5) is 0 Å². The molecule has 0 aromatic heterocycles. The largest absolute Gasteiger partial charge is 0.393 e. The van der Waals surface area contributed by atoms with Gasteiger partial charge in [0.2, 0.25) is 0 Å². The first-order valence-corrected chi connectivity index (χ1v) is 4.19. The average molecular weight is 175 g/mol. The number of rotatable bonds is 3. The summed E-state index contributed by atoms with van der Waals surface area (Å²) in [6.07, 6.45) is 1.72. The molecule has 0 heterocycles. The predicted octanol–water partition coefficient (Wildman–Crippen LogP) is 1.84. The number of carbonyl (C=O) groups excluding carboxylic acids is 1. The van der Waals surface area contributed by atoms with Gasteiger partial charge in [-0.15, -0.1) is 0 Å². The molecule has 0 aliphatic heterocycles. The summed E-state index contributed by atoms with van der Waals surface area (Å²) in [5.74, 6) is 0.0700. The summed E-state index contributed by atoms with van der Waals surface area (Å²) in [6.45, 7) is 1.57. The van der Waals surface area contributed by atoms with Gasteiger partial charge in [-0.05, 0) is 12.5 Å². The molecule has 0 atom stereocenters. The van der Waals surface area contributed by atoms with Crippen molar-refractivity contribution >= 4 is 11.4 Å². The fourth-order valence-electron chi connectivity index (χ4n) is 1.15. The number of ketones is 1. The summed E-state index contributed by atoms with van der Waals surface area (Å²) in [4.78, 5) is 11.2. The van der Waals surface area contributed by atoms with Crippen LogP contribution in [-0.2, 0) is 4.79 Å². The smallest absolute Gasteiger partial charge is 0.161 e. The Labute approximate surface area is 78.3 Å². The van der Waals surface area contributed by atoms with Crippen LogP contribution >= 0.6 is 0 Å². The van der Waals surface area contributed by atoms with Crippen LogP contribution in [0.5, 0.6) is 0 Å². The lowest BCUT2D eigenvalue weighted by molar-refractivity contribution is -0.111. The van der Waals surface area contributed by atoms with Gasteiger partial charge < -0.3 is 5.32 Å². The highest BCUT2D eigenvalue weighted by Crippen LogP contribution is 2.13. The van der Waals surface area contributed by atoms with Gasteiger partial charge in [0.05, 0.1) is 0 Å². The molecule has 0 spiro atoms. The first-order chi connectivity index (χ1) is 6.25. The van der Waals surface area contributed by atoms with Gasteiger partial charge in [-0.2, -0.15) is 0 Å². The topological polar surface area (TPSA) is 29.1 Å². The number of nitrogens with one attached hydrogen (secondary N) is 1. The van der Waals surface area contributed by atoms with E-state index in [1.165, 1.54) is 0 Å². The molecule has 0 saturated carbocycles. The Bertz CT molecular complexity index is 314. The average Bonchev–Trinajstić information content (AvgIpc) is 2.15. The standard InChI is InChI=1S/C11H13NO/c1-9(13)11(8-12-2)10-6-4-3-5-7-10/h3-8,12H,1-2H3/b11-8+. The van der Waals surface area contributed by atoms with Crippen molar-refractivity contribution in [2.24, 2.45) is 0 Å². The number of allylic oxidation sites excluding steroid dienone is 1. The Balaban J connectivity index is 3.03. The molecule has 13 heavy (non-hydrogen) atoms. The van der Waals surface area contributed by atoms with E-state index in [0.717, 1.165) is 5.56 Å². The van der Waals surface area contributed by atoms with E-state index in [0.29, 0.717) is 5.57 Å². The molecular weight excluding hydrogens is 162 g/mol. The van der Waals surface area contributed by atoms with Crippen LogP contribution in [0.3, 0.4) is 0 Å². The van der Waals surface area contributed by atoms with E-state index in [4.69, 9.17) is 0 Å². The van der Waals surface area contributed by atoms with E-state index >= 15 is 0 Å². The molecule has 2 heteroatoms. The predicted molar refractivity (Wildman–Crippen MR) is 54.2 cm³/mol. The number of hydrogen-bond acceptors (Lipinski definition) is 2. The fraction of sp³-hybridized carbons (Fsp3) is 0.182. The lowest BCUT2D eigenvalue weighted by Gasteiger charge is -2.02. The molecule has 0 radical (unpaired) electrons. The molecule has 68 valence electrons. The molecule has 1 rings (SSSR count). The Morgan fingerprint density at radius 3 is 2.38 bits per heavy atom. The van der Waals surface area contributed by atoms with Crippen LogP contribution in [0.15, 0.2) is 36.5 Å². The van der Waals surface area contributed by atoms with E-state index in [-0.39, 0.29) is 5.78 Å². The van der Waals surface area contributed by atoms with Crippen LogP contribution in [-0.4, -0.2) is 12.8 Å². The van der Waals surface area contributed by atoms with Gasteiger partial charge in [-0.1, -0.05) is 30.3 Å². The number of Topliss-reactive ketones (excluding diaryl/α,β-unsaturated/α-hetero) is 1. The van der Waals surface area contributed by atoms with Gasteiger partial charge in [-0.3, -0.25) is 4.79 Å². The molecule has 0 fully saturated rings. The zero-order valence-corrected chi connectivity index (χ0v) is 7.87. The summed E-state index contributed by atoms with van der Waals surface area (Å²) in [5.41, 5.74) is 1.66. The van der Waals surface area contributed by atoms with Crippen LogP contribution in [0.25, 0.3) is 5.57 Å². The van der Waals surface area contributed by atoms with E-state index < -0.39 is 0 Å². The van der Waals surface area contributed by atoms with Gasteiger partial charge in [-0.25, -0.2) is 0 Å². The highest BCUT2D eigenvalue weighted by atomic mass is 16.1. The second-order valence-corrected chi connectivity index (χ2v) is 2.77. The molecule has 0 amide bonds. The second kappa shape index (κ2) is 4.45. The van der Waals surface area contributed by atoms with E-state index in [1.807, 2.05) is 30.3 Å². The van der Waals surface area contributed by atoms with Crippen molar-refractivity contribution in [1.82, 2.24) is 5.32 Å². The summed E-state index contributed by atoms with van der Waals surface area (Å²) in [6, 6.07) is 9.61. The summed E-state index contributed by atoms with van der Waals surface area (Å²) in [5, 5.41) is 2.86. The van der Waals surface area contributed by atoms with Crippen molar-refractivity contribution in [1.29, 1.82) is 0 Å². The van der Waals surface area contributed by atoms with Gasteiger partial charge in [0.25, 0.3) is 0 Å². The third kappa shape index (κ3) is 2.44. The maximum atomic E-state index is 11.2. The van der Waals surface area contributed by atoms with Gasteiger partial charge in [0, 0.05) is 18.8 Å². The van der Waals surface area contributed by atoms with Crippen molar-refractivity contribution in [2.45, 2.75) is 6.92 Å². The fourth-order valence-corrected chi connectivity index (χ4v) is 1.15. The molecule has 1 N–H and O–H groups in total. The van der Waals surface area contributed by atoms with Crippen LogP contribution < -0.4 is 5.32 Å². The van der Waals surface area contributed by atoms with Gasteiger partial charge >= 0.3 is 0 Å². The minimum Gasteiger partial charge on any atom is -0.393 e. The minimum absolute atomic E-state index is 0.0700. The normalized spacial score (nSPS) is 11.1. The zero-order valence-electron chi connectivity index (χ0n) is 7.87. The summed E-state index contributed by atoms with van der Waals surface area (Å²) >= 11 is 0. The second-order valence-electron chi connectivity index (χ2n) is 2.77. The minimum atomic E-state index is 0.0700. The highest BCUT2D eigenvalue weighted by Gasteiger charge is 2.04. The molecule has 0 unspecified atom stereocenters. The first-order valence-electron chi connectivity index (χ1n) is 4.19. The number of carbonyl (C=O) groups is 1. The van der Waals surface area contributed by atoms with Crippen molar-refractivity contribution in [3.8, 4) is 0 Å². The Morgan fingerprint density at radius 2 is 1.92 bits per heavy atom. The molecule has 0 aliphatic rings. The lowest BCUT2D eigenvalue weighted by Crippen LogP contribution is -2.02. The third-order valence-corrected chi connectivity index (χ3v) is 1.75. The summed E-state index contributed by atoms with van der Waals surface area (Å²) < 4.78 is 0. The molecule has 1 aromatic rings. The highest BCUT2D eigenvalue weighted by molar-refractivity contribution is 6.19. The van der Waals surface area contributed by atoms with Gasteiger partial charge in [0.15, 0.2) is 5.78 Å². The molecule has 2 nitrogen and oxygen atoms in total. The SMILES string of the molecule is CN/C=C(\C(C)=O)c1ccccc1. The van der Waals surface area contributed by atoms with E-state index in [2.05, 4.69) is 5.32 Å². The summed E-state index contributed by atoms with van der Waals surface area (Å²) in [7, 11) is 1.78. The van der Waals surface area contributed by atoms with Crippen LogP contribution in [0.2, 0.25) is 0 Å². The maximum absolute atomic E-state index is 11.2. The molecule has 0 aliphatic carbocycles. The monoisotopic (exact) mass is 175 g/mol. The Hall–Kier alpha value is -1.57. The molecule has 0 saturated heterocycles. The zero-order chi connectivity index (χ0) is 9.68. The van der Waals surface area contributed by atoms with Crippen LogP contribution in [0.1, 0.15) is 12.5 Å². The molecule has 1 aromatic carbocycles. The third-order valence-electron chi connectivity index (χ3n) is 1.75. The van der Waals surface area contributed by atoms with E-state index in [9.17, 15) is 4.79 Å². The van der Waals surface area contributed by atoms with Crippen LogP contribution in [0, 0.1) is 0 Å². The number of benzene rings is 1. The van der Waals surface area contributed by atoms with Gasteiger partial charge in [0.1, 0.15) is 0 Å². The van der Waals surface area contributed by atoms with Crippen molar-refractivity contribution < 1.29 is 4.79 Å². The molecule has 0 bridgehead atoms. The number of hydrogen-bond donors (Lipinski definition) is 1. The first kappa shape index (κ1) is 9.52. The van der Waals surface area contributed by atoms with E-state index in [1.54, 1.807) is 20.2 Å². The quantitative estimate of drug-likeness (QED) is 0.710. The maximum Gasteiger partial charge on any atom is 0.161 e. The Morgan fingerprint density at radius 1 is 1.31 bits per heavy atom. The molecular formula is C11H13NO. The Kier molecular flexibility index (Phi) is 3.26. The van der Waals surface area contributed by atoms with Crippen molar-refractivity contribution in [3.63, 3.8) is 0 Å².